The molecule has 0 saturated carbocycles. The lowest BCUT2D eigenvalue weighted by Crippen LogP contribution is -2.38. The Bertz CT molecular complexity index is 453. The molecule has 2 atom stereocenters. The number of aryl methyl sites for hydroxylation is 2. The van der Waals surface area contributed by atoms with Gasteiger partial charge >= 0.3 is 0 Å². The highest BCUT2D eigenvalue weighted by molar-refractivity contribution is 5.95. The maximum absolute atomic E-state index is 12.3. The van der Waals surface area contributed by atoms with Crippen LogP contribution in [-0.4, -0.2) is 60.1 Å². The van der Waals surface area contributed by atoms with Gasteiger partial charge < -0.3 is 19.3 Å². The number of likely N-dealkylation sites (tertiary alicyclic amines) is 1. The fraction of sp³-hybridized carbons (Fsp3) is 0.615. The number of rotatable bonds is 2. The Morgan fingerprint density at radius 1 is 1.44 bits per heavy atom. The molecule has 0 radical (unpaired) electrons. The summed E-state index contributed by atoms with van der Waals surface area (Å²) >= 11 is 0. The van der Waals surface area contributed by atoms with Crippen molar-refractivity contribution >= 4 is 5.91 Å². The van der Waals surface area contributed by atoms with Gasteiger partial charge in [0, 0.05) is 13.1 Å². The predicted molar refractivity (Wildman–Crippen MR) is 67.6 cm³/mol. The second-order valence-electron chi connectivity index (χ2n) is 5.14. The third-order valence-corrected chi connectivity index (χ3v) is 3.48. The molecule has 0 unspecified atom stereocenters. The van der Waals surface area contributed by atoms with Crippen LogP contribution in [0.15, 0.2) is 10.5 Å². The van der Waals surface area contributed by atoms with E-state index in [0.717, 1.165) is 5.76 Å². The van der Waals surface area contributed by atoms with E-state index < -0.39 is 6.10 Å². The molecule has 2 heterocycles. The zero-order valence-electron chi connectivity index (χ0n) is 11.3. The number of carbonyl (C=O) groups excluding carboxylic acids is 1. The number of carbonyl (C=O) groups is 1. The van der Waals surface area contributed by atoms with E-state index in [-0.39, 0.29) is 11.9 Å². The van der Waals surface area contributed by atoms with Gasteiger partial charge in [0.05, 0.1) is 17.7 Å². The van der Waals surface area contributed by atoms with Crippen molar-refractivity contribution in [2.45, 2.75) is 26.0 Å². The van der Waals surface area contributed by atoms with E-state index in [1.807, 2.05) is 25.9 Å². The number of hydrogen-bond donors (Lipinski definition) is 1. The summed E-state index contributed by atoms with van der Waals surface area (Å²) in [5, 5.41) is 9.94. The molecule has 1 aliphatic rings. The van der Waals surface area contributed by atoms with Crippen LogP contribution >= 0.6 is 0 Å². The summed E-state index contributed by atoms with van der Waals surface area (Å²) in [7, 11) is 3.82. The second-order valence-corrected chi connectivity index (χ2v) is 5.14. The molecule has 5 heteroatoms. The Morgan fingerprint density at radius 2 is 2.11 bits per heavy atom. The molecule has 18 heavy (non-hydrogen) atoms. The maximum atomic E-state index is 12.3. The minimum absolute atomic E-state index is 0.00209. The molecule has 5 nitrogen and oxygen atoms in total. The van der Waals surface area contributed by atoms with E-state index in [2.05, 4.69) is 0 Å². The van der Waals surface area contributed by atoms with Gasteiger partial charge in [-0.3, -0.25) is 4.79 Å². The lowest BCUT2D eigenvalue weighted by Gasteiger charge is -2.21. The molecule has 1 saturated heterocycles. The summed E-state index contributed by atoms with van der Waals surface area (Å²) in [6.45, 7) is 4.55. The van der Waals surface area contributed by atoms with Crippen LogP contribution < -0.4 is 0 Å². The van der Waals surface area contributed by atoms with Gasteiger partial charge in [0.15, 0.2) is 0 Å². The number of aliphatic hydroxyl groups is 1. The zero-order valence-corrected chi connectivity index (χ0v) is 11.3. The van der Waals surface area contributed by atoms with Crippen LogP contribution in [0.2, 0.25) is 0 Å². The summed E-state index contributed by atoms with van der Waals surface area (Å²) < 4.78 is 5.38. The molecule has 2 rings (SSSR count). The van der Waals surface area contributed by atoms with Crippen molar-refractivity contribution in [1.82, 2.24) is 9.80 Å². The quantitative estimate of drug-likeness (QED) is 0.839. The average molecular weight is 252 g/mol. The first-order valence-electron chi connectivity index (χ1n) is 6.11. The first kappa shape index (κ1) is 13.1. The highest BCUT2D eigenvalue weighted by atomic mass is 16.3. The molecule has 1 aromatic heterocycles. The Labute approximate surface area is 107 Å². The van der Waals surface area contributed by atoms with Gasteiger partial charge in [-0.25, -0.2) is 0 Å². The van der Waals surface area contributed by atoms with Crippen LogP contribution in [0.5, 0.6) is 0 Å². The number of amides is 1. The van der Waals surface area contributed by atoms with Crippen molar-refractivity contribution in [3.8, 4) is 0 Å². The fourth-order valence-corrected chi connectivity index (χ4v) is 2.46. The van der Waals surface area contributed by atoms with Crippen LogP contribution in [0, 0.1) is 13.8 Å². The van der Waals surface area contributed by atoms with E-state index >= 15 is 0 Å². The first-order valence-corrected chi connectivity index (χ1v) is 6.11. The lowest BCUT2D eigenvalue weighted by molar-refractivity contribution is 0.0762. The van der Waals surface area contributed by atoms with Gasteiger partial charge in [-0.05, 0) is 34.0 Å². The number of nitrogens with zero attached hydrogens (tertiary/aromatic N) is 2. The van der Waals surface area contributed by atoms with Gasteiger partial charge in [0.2, 0.25) is 0 Å². The third kappa shape index (κ3) is 2.28. The van der Waals surface area contributed by atoms with Crippen molar-refractivity contribution in [3.05, 3.63) is 23.2 Å². The van der Waals surface area contributed by atoms with Crippen LogP contribution in [0.1, 0.15) is 21.9 Å². The van der Waals surface area contributed by atoms with Crippen LogP contribution in [0.4, 0.5) is 0 Å². The number of aliphatic hydroxyl groups excluding tert-OH is 1. The van der Waals surface area contributed by atoms with Gasteiger partial charge in [-0.2, -0.15) is 0 Å². The normalized spacial score (nSPS) is 24.0. The average Bonchev–Trinajstić information content (AvgIpc) is 2.81. The molecule has 1 aliphatic heterocycles. The molecule has 1 aromatic rings. The van der Waals surface area contributed by atoms with Crippen molar-refractivity contribution in [3.63, 3.8) is 0 Å². The zero-order chi connectivity index (χ0) is 13.4. The van der Waals surface area contributed by atoms with Crippen molar-refractivity contribution in [2.24, 2.45) is 0 Å². The Morgan fingerprint density at radius 3 is 2.56 bits per heavy atom. The largest absolute Gasteiger partial charge is 0.466 e. The number of β-amino-alcohol motifs (C(OH)–C–C–N with tert-alkyl or cyclic N) is 1. The maximum Gasteiger partial charge on any atom is 0.257 e. The van der Waals surface area contributed by atoms with E-state index in [1.54, 1.807) is 17.9 Å². The number of hydrogen-bond acceptors (Lipinski definition) is 4. The summed E-state index contributed by atoms with van der Waals surface area (Å²) in [5.74, 6) is 1.31. The highest BCUT2D eigenvalue weighted by Crippen LogP contribution is 2.20. The van der Waals surface area contributed by atoms with E-state index in [0.29, 0.717) is 24.4 Å². The third-order valence-electron chi connectivity index (χ3n) is 3.48. The summed E-state index contributed by atoms with van der Waals surface area (Å²) in [5.41, 5.74) is 0.596. The summed E-state index contributed by atoms with van der Waals surface area (Å²) in [4.78, 5) is 16.0. The Hall–Kier alpha value is -1.33. The second kappa shape index (κ2) is 4.74. The molecule has 0 bridgehead atoms. The molecular formula is C13H20N2O3. The lowest BCUT2D eigenvalue weighted by atomic mass is 10.2. The minimum atomic E-state index is -0.489. The standard InChI is InChI=1S/C13H20N2O3/c1-8-5-10(9(2)18-8)13(17)15-6-11(14(3)4)12(16)7-15/h5,11-12,16H,6-7H2,1-4H3/t11-,12-/m0/s1. The van der Waals surface area contributed by atoms with E-state index in [4.69, 9.17) is 4.42 Å². The molecule has 0 aromatic carbocycles. The van der Waals surface area contributed by atoms with Crippen LogP contribution in [-0.2, 0) is 0 Å². The van der Waals surface area contributed by atoms with Gasteiger partial charge in [-0.15, -0.1) is 0 Å². The van der Waals surface area contributed by atoms with E-state index in [1.165, 1.54) is 0 Å². The van der Waals surface area contributed by atoms with Crippen molar-refractivity contribution < 1.29 is 14.3 Å². The number of likely N-dealkylation sites (N-methyl/N-ethyl adjacent to an activating group) is 1. The van der Waals surface area contributed by atoms with Gasteiger partial charge in [0.25, 0.3) is 5.91 Å². The summed E-state index contributed by atoms with van der Waals surface area (Å²) in [6, 6.07) is 1.76. The fourth-order valence-electron chi connectivity index (χ4n) is 2.46. The predicted octanol–water partition coefficient (Wildman–Crippen LogP) is 0.643. The molecule has 100 valence electrons. The Kier molecular flexibility index (Phi) is 3.45. The highest BCUT2D eigenvalue weighted by Gasteiger charge is 2.36. The molecule has 0 aliphatic carbocycles. The topological polar surface area (TPSA) is 56.9 Å². The molecular weight excluding hydrogens is 232 g/mol. The monoisotopic (exact) mass is 252 g/mol. The van der Waals surface area contributed by atoms with Gasteiger partial charge in [-0.1, -0.05) is 0 Å². The molecule has 1 fully saturated rings. The molecule has 0 spiro atoms. The summed E-state index contributed by atoms with van der Waals surface area (Å²) in [6.07, 6.45) is -0.489. The van der Waals surface area contributed by atoms with Crippen LogP contribution in [0.25, 0.3) is 0 Å². The van der Waals surface area contributed by atoms with Gasteiger partial charge in [0.1, 0.15) is 11.5 Å². The first-order chi connectivity index (χ1) is 8.40. The van der Waals surface area contributed by atoms with Crippen LogP contribution in [0.3, 0.4) is 0 Å². The number of furan rings is 1. The minimum Gasteiger partial charge on any atom is -0.466 e. The smallest absolute Gasteiger partial charge is 0.257 e. The van der Waals surface area contributed by atoms with E-state index in [9.17, 15) is 9.90 Å². The SMILES string of the molecule is Cc1cc(C(=O)N2C[C@H](O)[C@@H](N(C)C)C2)c(C)o1. The Balaban J connectivity index is 2.14. The van der Waals surface area contributed by atoms with Crippen molar-refractivity contribution in [1.29, 1.82) is 0 Å². The van der Waals surface area contributed by atoms with Crippen molar-refractivity contribution in [2.75, 3.05) is 27.2 Å². The molecule has 1 amide bonds. The molecule has 1 N–H and O–H groups in total.